The van der Waals surface area contributed by atoms with E-state index < -0.39 is 0 Å². The van der Waals surface area contributed by atoms with Crippen molar-refractivity contribution < 1.29 is 9.47 Å². The van der Waals surface area contributed by atoms with E-state index in [9.17, 15) is 0 Å². The van der Waals surface area contributed by atoms with Crippen molar-refractivity contribution in [2.75, 3.05) is 43.3 Å². The van der Waals surface area contributed by atoms with Crippen molar-refractivity contribution in [3.8, 4) is 17.3 Å². The molecule has 9 heteroatoms. The number of pyridine rings is 1. The van der Waals surface area contributed by atoms with Gasteiger partial charge in [0.15, 0.2) is 5.82 Å². The fourth-order valence-corrected chi connectivity index (χ4v) is 5.17. The van der Waals surface area contributed by atoms with Gasteiger partial charge in [-0.1, -0.05) is 0 Å². The predicted octanol–water partition coefficient (Wildman–Crippen LogP) is 3.20. The van der Waals surface area contributed by atoms with Crippen molar-refractivity contribution in [3.63, 3.8) is 0 Å². The molecule has 3 fully saturated rings. The SMILES string of the molecule is COc1cc(-c2nc(N3CCOCC3C)cc([C@@]3(C)CCCS3)n2)cc(N)n1.NC1CC1. The Bertz CT molecular complexity index is 933. The second-order valence-electron chi connectivity index (χ2n) is 8.90. The highest BCUT2D eigenvalue weighted by atomic mass is 32.2. The molecule has 2 saturated heterocycles. The Labute approximate surface area is 194 Å². The third kappa shape index (κ3) is 5.44. The topological polar surface area (TPSA) is 112 Å². The van der Waals surface area contributed by atoms with Gasteiger partial charge in [-0.05, 0) is 51.3 Å². The third-order valence-corrected chi connectivity index (χ3v) is 7.59. The average Bonchev–Trinajstić information content (AvgIpc) is 3.45. The number of nitrogens with zero attached hydrogens (tertiary/aromatic N) is 4. The molecule has 0 amide bonds. The zero-order valence-electron chi connectivity index (χ0n) is 19.2. The molecule has 174 valence electrons. The predicted molar refractivity (Wildman–Crippen MR) is 130 cm³/mol. The number of anilines is 2. The molecule has 5 rings (SSSR count). The van der Waals surface area contributed by atoms with Gasteiger partial charge in [0.05, 0.1) is 36.8 Å². The summed E-state index contributed by atoms with van der Waals surface area (Å²) in [5.74, 6) is 3.62. The zero-order chi connectivity index (χ0) is 22.7. The first-order chi connectivity index (χ1) is 15.4. The van der Waals surface area contributed by atoms with E-state index in [0.717, 1.165) is 35.8 Å². The summed E-state index contributed by atoms with van der Waals surface area (Å²) in [5, 5.41) is 0. The second-order valence-corrected chi connectivity index (χ2v) is 10.5. The maximum Gasteiger partial charge on any atom is 0.215 e. The van der Waals surface area contributed by atoms with Crippen LogP contribution < -0.4 is 21.1 Å². The van der Waals surface area contributed by atoms with Crippen LogP contribution in [0, 0.1) is 0 Å². The van der Waals surface area contributed by atoms with Crippen LogP contribution in [0.25, 0.3) is 11.4 Å². The Morgan fingerprint density at radius 3 is 2.62 bits per heavy atom. The van der Waals surface area contributed by atoms with Crippen molar-refractivity contribution in [1.29, 1.82) is 0 Å². The second kappa shape index (κ2) is 9.80. The van der Waals surface area contributed by atoms with E-state index in [4.69, 9.17) is 30.9 Å². The Morgan fingerprint density at radius 2 is 2.00 bits per heavy atom. The van der Waals surface area contributed by atoms with Gasteiger partial charge in [-0.25, -0.2) is 9.97 Å². The molecule has 3 aliphatic rings. The summed E-state index contributed by atoms with van der Waals surface area (Å²) >= 11 is 1.97. The number of nitrogen functional groups attached to an aromatic ring is 1. The van der Waals surface area contributed by atoms with Crippen molar-refractivity contribution in [3.05, 3.63) is 23.9 Å². The molecule has 0 bridgehead atoms. The number of nitrogens with two attached hydrogens (primary N) is 2. The van der Waals surface area contributed by atoms with Crippen LogP contribution in [0.5, 0.6) is 5.88 Å². The summed E-state index contributed by atoms with van der Waals surface area (Å²) in [6.45, 7) is 6.69. The van der Waals surface area contributed by atoms with E-state index in [-0.39, 0.29) is 10.8 Å². The van der Waals surface area contributed by atoms with E-state index in [1.165, 1.54) is 19.3 Å². The van der Waals surface area contributed by atoms with Crippen LogP contribution in [0.1, 0.15) is 45.2 Å². The summed E-state index contributed by atoms with van der Waals surface area (Å²) < 4.78 is 10.9. The number of methoxy groups -OCH3 is 1. The minimum atomic E-state index is 0.00459. The summed E-state index contributed by atoms with van der Waals surface area (Å²) in [7, 11) is 1.58. The highest BCUT2D eigenvalue weighted by Crippen LogP contribution is 2.46. The largest absolute Gasteiger partial charge is 0.481 e. The number of morpholine rings is 1. The highest BCUT2D eigenvalue weighted by Gasteiger charge is 2.34. The summed E-state index contributed by atoms with van der Waals surface area (Å²) in [6.07, 6.45) is 4.86. The van der Waals surface area contributed by atoms with Gasteiger partial charge in [0.25, 0.3) is 0 Å². The zero-order valence-corrected chi connectivity index (χ0v) is 20.0. The molecular weight excluding hydrogens is 424 g/mol. The maximum atomic E-state index is 5.98. The van der Waals surface area contributed by atoms with Gasteiger partial charge in [-0.2, -0.15) is 4.98 Å². The quantitative estimate of drug-likeness (QED) is 0.713. The van der Waals surface area contributed by atoms with Crippen LogP contribution in [0.3, 0.4) is 0 Å². The molecular formula is C23H34N6O2S. The third-order valence-electron chi connectivity index (χ3n) is 6.05. The first-order valence-corrected chi connectivity index (χ1v) is 12.3. The number of rotatable bonds is 4. The monoisotopic (exact) mass is 458 g/mol. The summed E-state index contributed by atoms with van der Waals surface area (Å²) in [5.41, 5.74) is 13.1. The van der Waals surface area contributed by atoms with Gasteiger partial charge < -0.3 is 25.8 Å². The molecule has 1 unspecified atom stereocenters. The molecule has 2 aliphatic heterocycles. The van der Waals surface area contributed by atoms with Crippen LogP contribution in [0.15, 0.2) is 18.2 Å². The van der Waals surface area contributed by atoms with Crippen molar-refractivity contribution in [2.45, 2.75) is 56.4 Å². The lowest BCUT2D eigenvalue weighted by atomic mass is 10.0. The van der Waals surface area contributed by atoms with Crippen LogP contribution in [-0.4, -0.2) is 59.7 Å². The molecule has 32 heavy (non-hydrogen) atoms. The minimum Gasteiger partial charge on any atom is -0.481 e. The van der Waals surface area contributed by atoms with Crippen LogP contribution in [-0.2, 0) is 9.48 Å². The van der Waals surface area contributed by atoms with E-state index in [1.807, 2.05) is 17.8 Å². The molecule has 2 aromatic rings. The standard InChI is InChI=1S/C20H27N5O2S.C3H7N/c1-13-12-27-7-6-25(13)17-11-15(20(2)5-4-8-28-20)22-19(24-17)14-9-16(21)23-18(10-14)26-3;4-3-1-2-3/h9-11,13H,4-8,12H2,1-3H3,(H2,21,23);3H,1-2,4H2/t13?,20-;/m1./s1. The van der Waals surface area contributed by atoms with Gasteiger partial charge >= 0.3 is 0 Å². The lowest BCUT2D eigenvalue weighted by molar-refractivity contribution is 0.0985. The fourth-order valence-electron chi connectivity index (χ4n) is 3.89. The molecule has 2 aromatic heterocycles. The van der Waals surface area contributed by atoms with Gasteiger partial charge in [-0.3, -0.25) is 0 Å². The molecule has 1 saturated carbocycles. The van der Waals surface area contributed by atoms with E-state index in [2.05, 4.69) is 29.8 Å². The van der Waals surface area contributed by atoms with Gasteiger partial charge in [0, 0.05) is 30.3 Å². The van der Waals surface area contributed by atoms with Gasteiger partial charge in [0.2, 0.25) is 5.88 Å². The maximum absolute atomic E-state index is 5.98. The van der Waals surface area contributed by atoms with E-state index in [0.29, 0.717) is 36.8 Å². The molecule has 2 atom stereocenters. The van der Waals surface area contributed by atoms with Crippen LogP contribution >= 0.6 is 11.8 Å². The summed E-state index contributed by atoms with van der Waals surface area (Å²) in [4.78, 5) is 16.4. The molecule has 8 nitrogen and oxygen atoms in total. The van der Waals surface area contributed by atoms with Gasteiger partial charge in [-0.15, -0.1) is 11.8 Å². The lowest BCUT2D eigenvalue weighted by Crippen LogP contribution is -2.44. The number of ether oxygens (including phenoxy) is 2. The Morgan fingerprint density at radius 1 is 1.22 bits per heavy atom. The minimum absolute atomic E-state index is 0.00459. The van der Waals surface area contributed by atoms with Crippen LogP contribution in [0.2, 0.25) is 0 Å². The lowest BCUT2D eigenvalue weighted by Gasteiger charge is -2.35. The molecule has 0 aromatic carbocycles. The fraction of sp³-hybridized carbons (Fsp3) is 0.609. The van der Waals surface area contributed by atoms with Crippen molar-refractivity contribution >= 4 is 23.4 Å². The van der Waals surface area contributed by atoms with Crippen molar-refractivity contribution in [1.82, 2.24) is 15.0 Å². The number of hydrogen-bond donors (Lipinski definition) is 2. The van der Waals surface area contributed by atoms with E-state index >= 15 is 0 Å². The molecule has 4 N–H and O–H groups in total. The first-order valence-electron chi connectivity index (χ1n) is 11.3. The number of thioether (sulfide) groups is 1. The Balaban J connectivity index is 0.000000552. The summed E-state index contributed by atoms with van der Waals surface area (Å²) in [6, 6.07) is 6.65. The molecule has 1 aliphatic carbocycles. The first kappa shape index (κ1) is 23.1. The normalized spacial score (nSPS) is 25.2. The number of hydrogen-bond acceptors (Lipinski definition) is 9. The number of aromatic nitrogens is 3. The molecule has 0 radical (unpaired) electrons. The molecule has 0 spiro atoms. The molecule has 4 heterocycles. The van der Waals surface area contributed by atoms with Crippen LogP contribution in [0.4, 0.5) is 11.6 Å². The highest BCUT2D eigenvalue weighted by molar-refractivity contribution is 8.00. The Hall–Kier alpha value is -2.10. The van der Waals surface area contributed by atoms with E-state index in [1.54, 1.807) is 13.2 Å². The van der Waals surface area contributed by atoms with Crippen molar-refractivity contribution in [2.24, 2.45) is 5.73 Å². The average molecular weight is 459 g/mol. The van der Waals surface area contributed by atoms with Gasteiger partial charge in [0.1, 0.15) is 11.6 Å². The smallest absolute Gasteiger partial charge is 0.215 e. The Kier molecular flexibility index (Phi) is 7.07.